The monoisotopic (exact) mass is 465 g/mol. The molecule has 0 bridgehead atoms. The molecule has 1 atom stereocenters. The van der Waals surface area contributed by atoms with Crippen LogP contribution in [0.4, 0.5) is 0 Å². The first-order valence-electron chi connectivity index (χ1n) is 11.4. The minimum atomic E-state index is -0.766. The quantitative estimate of drug-likeness (QED) is 0.334. The number of amides is 1. The number of hydrogen-bond donors (Lipinski definition) is 1. The molecule has 0 spiro atoms. The number of ether oxygens (including phenoxy) is 2. The van der Waals surface area contributed by atoms with E-state index in [0.29, 0.717) is 18.6 Å². The largest absolute Gasteiger partial charge is 0.489 e. The summed E-state index contributed by atoms with van der Waals surface area (Å²) in [5.41, 5.74) is 4.52. The predicted molar refractivity (Wildman–Crippen MR) is 136 cm³/mol. The molecular weight excluding hydrogens is 438 g/mol. The van der Waals surface area contributed by atoms with E-state index in [2.05, 4.69) is 5.32 Å². The minimum absolute atomic E-state index is 0.326. The van der Waals surface area contributed by atoms with Gasteiger partial charge in [0.25, 0.3) is 5.91 Å². The molecule has 35 heavy (non-hydrogen) atoms. The van der Waals surface area contributed by atoms with E-state index in [1.165, 1.54) is 7.11 Å². The van der Waals surface area contributed by atoms with Crippen LogP contribution in [-0.2, 0) is 22.6 Å². The van der Waals surface area contributed by atoms with Gasteiger partial charge in [0.05, 0.1) is 7.11 Å². The number of esters is 1. The Morgan fingerprint density at radius 2 is 1.26 bits per heavy atom. The summed E-state index contributed by atoms with van der Waals surface area (Å²) in [4.78, 5) is 25.0. The summed E-state index contributed by atoms with van der Waals surface area (Å²) in [5.74, 6) is -0.0122. The maximum atomic E-state index is 12.8. The fourth-order valence-electron chi connectivity index (χ4n) is 3.73. The van der Waals surface area contributed by atoms with Gasteiger partial charge in [-0.1, -0.05) is 84.9 Å². The summed E-state index contributed by atoms with van der Waals surface area (Å²) in [6.07, 6.45) is 0.357. The lowest BCUT2D eigenvalue weighted by atomic mass is 10.0. The Morgan fingerprint density at radius 3 is 1.83 bits per heavy atom. The number of benzene rings is 4. The van der Waals surface area contributed by atoms with E-state index in [1.807, 2.05) is 97.1 Å². The first-order valence-corrected chi connectivity index (χ1v) is 11.4. The zero-order chi connectivity index (χ0) is 24.5. The molecule has 5 heteroatoms. The number of rotatable bonds is 9. The molecule has 0 saturated carbocycles. The number of methoxy groups -OCH3 is 1. The number of carbonyl (C=O) groups excluding carboxylic acids is 2. The van der Waals surface area contributed by atoms with E-state index in [4.69, 9.17) is 9.47 Å². The van der Waals surface area contributed by atoms with E-state index < -0.39 is 12.0 Å². The summed E-state index contributed by atoms with van der Waals surface area (Å²) in [6.45, 7) is 0.515. The first-order chi connectivity index (χ1) is 17.1. The molecule has 1 N–H and O–H groups in total. The van der Waals surface area contributed by atoms with Crippen LogP contribution >= 0.6 is 0 Å². The third-order valence-corrected chi connectivity index (χ3v) is 5.66. The van der Waals surface area contributed by atoms with Crippen molar-refractivity contribution in [1.29, 1.82) is 0 Å². The van der Waals surface area contributed by atoms with Crippen LogP contribution in [0.25, 0.3) is 11.1 Å². The average Bonchev–Trinajstić information content (AvgIpc) is 2.92. The number of nitrogens with one attached hydrogen (secondary N) is 1. The van der Waals surface area contributed by atoms with Crippen LogP contribution in [0.15, 0.2) is 109 Å². The molecule has 0 aliphatic carbocycles. The standard InChI is InChI=1S/C30H27NO4/c1-34-30(33)28(20-22-8-4-2-5-9-22)31-29(32)26-14-12-24(13-15-26)25-16-18-27(19-17-25)35-21-23-10-6-3-7-11-23/h2-19,28H,20-21H2,1H3,(H,31,32). The van der Waals surface area contributed by atoms with Crippen molar-refractivity contribution in [2.45, 2.75) is 19.1 Å². The van der Waals surface area contributed by atoms with E-state index >= 15 is 0 Å². The van der Waals surface area contributed by atoms with E-state index in [9.17, 15) is 9.59 Å². The highest BCUT2D eigenvalue weighted by atomic mass is 16.5. The van der Waals surface area contributed by atoms with Gasteiger partial charge in [-0.15, -0.1) is 0 Å². The molecule has 0 radical (unpaired) electrons. The Labute approximate surface area is 205 Å². The molecule has 0 aliphatic rings. The van der Waals surface area contributed by atoms with Crippen molar-refractivity contribution in [3.63, 3.8) is 0 Å². The summed E-state index contributed by atoms with van der Waals surface area (Å²) in [6, 6.07) is 33.9. The summed E-state index contributed by atoms with van der Waals surface area (Å²) in [7, 11) is 1.32. The van der Waals surface area contributed by atoms with E-state index in [1.54, 1.807) is 12.1 Å². The second-order valence-electron chi connectivity index (χ2n) is 8.11. The SMILES string of the molecule is COC(=O)C(Cc1ccccc1)NC(=O)c1ccc(-c2ccc(OCc3ccccc3)cc2)cc1. The molecule has 4 rings (SSSR count). The smallest absolute Gasteiger partial charge is 0.328 e. The first kappa shape index (κ1) is 23.8. The average molecular weight is 466 g/mol. The topological polar surface area (TPSA) is 64.6 Å². The normalized spacial score (nSPS) is 11.3. The number of hydrogen-bond acceptors (Lipinski definition) is 4. The van der Waals surface area contributed by atoms with Gasteiger partial charge in [-0.25, -0.2) is 4.79 Å². The molecule has 0 heterocycles. The van der Waals surface area contributed by atoms with Crippen molar-refractivity contribution in [3.05, 3.63) is 126 Å². The lowest BCUT2D eigenvalue weighted by molar-refractivity contribution is -0.142. The molecule has 176 valence electrons. The van der Waals surface area contributed by atoms with Gasteiger partial charge in [-0.3, -0.25) is 4.79 Å². The number of carbonyl (C=O) groups is 2. The van der Waals surface area contributed by atoms with Gasteiger partial charge in [-0.2, -0.15) is 0 Å². The molecule has 4 aromatic carbocycles. The van der Waals surface area contributed by atoms with Gasteiger partial charge in [0.1, 0.15) is 18.4 Å². The Balaban J connectivity index is 1.38. The van der Waals surface area contributed by atoms with Crippen LogP contribution in [0.5, 0.6) is 5.75 Å². The molecule has 5 nitrogen and oxygen atoms in total. The molecule has 0 fully saturated rings. The van der Waals surface area contributed by atoms with Gasteiger partial charge in [0.15, 0.2) is 0 Å². The van der Waals surface area contributed by atoms with Crippen molar-refractivity contribution in [2.24, 2.45) is 0 Å². The molecule has 1 unspecified atom stereocenters. The predicted octanol–water partition coefficient (Wildman–Crippen LogP) is 5.45. The minimum Gasteiger partial charge on any atom is -0.489 e. The fraction of sp³-hybridized carbons (Fsp3) is 0.133. The lowest BCUT2D eigenvalue weighted by Gasteiger charge is -2.17. The van der Waals surface area contributed by atoms with Gasteiger partial charge in [0.2, 0.25) is 0 Å². The van der Waals surface area contributed by atoms with Gasteiger partial charge in [-0.05, 0) is 46.5 Å². The van der Waals surface area contributed by atoms with Crippen molar-refractivity contribution in [1.82, 2.24) is 5.32 Å². The Kier molecular flexibility index (Phi) is 7.92. The van der Waals surface area contributed by atoms with Crippen molar-refractivity contribution >= 4 is 11.9 Å². The zero-order valence-corrected chi connectivity index (χ0v) is 19.5. The van der Waals surface area contributed by atoms with Crippen LogP contribution in [0.3, 0.4) is 0 Å². The van der Waals surface area contributed by atoms with Crippen LogP contribution in [0.1, 0.15) is 21.5 Å². The molecule has 0 aromatic heterocycles. The second kappa shape index (κ2) is 11.7. The van der Waals surface area contributed by atoms with Crippen LogP contribution in [0.2, 0.25) is 0 Å². The van der Waals surface area contributed by atoms with Crippen LogP contribution < -0.4 is 10.1 Å². The molecule has 0 saturated heterocycles. The van der Waals surface area contributed by atoms with E-state index in [-0.39, 0.29) is 5.91 Å². The highest BCUT2D eigenvalue weighted by Crippen LogP contribution is 2.23. The lowest BCUT2D eigenvalue weighted by Crippen LogP contribution is -2.43. The third-order valence-electron chi connectivity index (χ3n) is 5.66. The van der Waals surface area contributed by atoms with Crippen molar-refractivity contribution < 1.29 is 19.1 Å². The van der Waals surface area contributed by atoms with Gasteiger partial charge < -0.3 is 14.8 Å². The summed E-state index contributed by atoms with van der Waals surface area (Å²) < 4.78 is 10.7. The summed E-state index contributed by atoms with van der Waals surface area (Å²) >= 11 is 0. The Bertz CT molecular complexity index is 1240. The highest BCUT2D eigenvalue weighted by Gasteiger charge is 2.22. The Morgan fingerprint density at radius 1 is 0.714 bits per heavy atom. The third kappa shape index (κ3) is 6.58. The molecule has 0 aliphatic heterocycles. The molecule has 4 aromatic rings. The van der Waals surface area contributed by atoms with Crippen molar-refractivity contribution in [2.75, 3.05) is 7.11 Å². The molecule has 1 amide bonds. The second-order valence-corrected chi connectivity index (χ2v) is 8.11. The van der Waals surface area contributed by atoms with Crippen molar-refractivity contribution in [3.8, 4) is 16.9 Å². The molecular formula is C30H27NO4. The highest BCUT2D eigenvalue weighted by molar-refractivity contribution is 5.97. The Hall–Kier alpha value is -4.38. The van der Waals surface area contributed by atoms with Gasteiger partial charge >= 0.3 is 5.97 Å². The fourth-order valence-corrected chi connectivity index (χ4v) is 3.73. The maximum absolute atomic E-state index is 12.8. The van der Waals surface area contributed by atoms with Crippen LogP contribution in [-0.4, -0.2) is 25.0 Å². The van der Waals surface area contributed by atoms with Crippen LogP contribution in [0, 0.1) is 0 Å². The van der Waals surface area contributed by atoms with E-state index in [0.717, 1.165) is 28.0 Å². The maximum Gasteiger partial charge on any atom is 0.328 e. The van der Waals surface area contributed by atoms with Gasteiger partial charge in [0, 0.05) is 12.0 Å². The summed E-state index contributed by atoms with van der Waals surface area (Å²) in [5, 5.41) is 2.80. The zero-order valence-electron chi connectivity index (χ0n) is 19.5.